The number of nitro groups is 1. The van der Waals surface area contributed by atoms with Crippen LogP contribution < -0.4 is 10.6 Å². The van der Waals surface area contributed by atoms with Gasteiger partial charge in [0, 0.05) is 13.6 Å². The molecule has 21 heavy (non-hydrogen) atoms. The van der Waals surface area contributed by atoms with Crippen LogP contribution in [0, 0.1) is 21.7 Å². The van der Waals surface area contributed by atoms with Crippen molar-refractivity contribution in [3.8, 4) is 0 Å². The molecule has 9 heteroatoms. The summed E-state index contributed by atoms with van der Waals surface area (Å²) in [5, 5.41) is 16.3. The van der Waals surface area contributed by atoms with E-state index in [-0.39, 0.29) is 23.9 Å². The summed E-state index contributed by atoms with van der Waals surface area (Å²) < 4.78 is 25.9. The summed E-state index contributed by atoms with van der Waals surface area (Å²) in [6.07, 6.45) is 1.16. The first-order valence-electron chi connectivity index (χ1n) is 5.88. The van der Waals surface area contributed by atoms with Crippen LogP contribution in [-0.2, 0) is 6.54 Å². The predicted octanol–water partition coefficient (Wildman–Crippen LogP) is 2.32. The summed E-state index contributed by atoms with van der Waals surface area (Å²) >= 11 is 0. The summed E-state index contributed by atoms with van der Waals surface area (Å²) in [7, 11) is 1.49. The van der Waals surface area contributed by atoms with Crippen molar-refractivity contribution in [3.05, 3.63) is 51.8 Å². The van der Waals surface area contributed by atoms with E-state index in [1.165, 1.54) is 13.1 Å². The maximum atomic E-state index is 13.1. The lowest BCUT2D eigenvalue weighted by atomic mass is 10.2. The number of hydrogen-bond acceptors (Lipinski definition) is 6. The van der Waals surface area contributed by atoms with Crippen LogP contribution >= 0.6 is 0 Å². The monoisotopic (exact) mass is 295 g/mol. The van der Waals surface area contributed by atoms with E-state index in [0.717, 1.165) is 18.5 Å². The number of aromatic nitrogens is 2. The van der Waals surface area contributed by atoms with Crippen LogP contribution in [0.1, 0.15) is 5.56 Å². The molecule has 1 aromatic heterocycles. The van der Waals surface area contributed by atoms with E-state index in [0.29, 0.717) is 5.56 Å². The molecule has 2 aromatic rings. The van der Waals surface area contributed by atoms with Gasteiger partial charge in [-0.15, -0.1) is 0 Å². The molecule has 0 atom stereocenters. The fraction of sp³-hybridized carbons (Fsp3) is 0.167. The topological polar surface area (TPSA) is 93.0 Å². The first kappa shape index (κ1) is 14.6. The van der Waals surface area contributed by atoms with Gasteiger partial charge in [-0.1, -0.05) is 6.07 Å². The van der Waals surface area contributed by atoms with E-state index < -0.39 is 16.6 Å². The molecule has 0 amide bonds. The number of nitrogens with zero attached hydrogens (tertiary/aromatic N) is 3. The molecule has 0 aliphatic carbocycles. The largest absolute Gasteiger partial charge is 0.367 e. The van der Waals surface area contributed by atoms with Gasteiger partial charge in [0.15, 0.2) is 11.6 Å². The molecule has 0 unspecified atom stereocenters. The number of anilines is 2. The van der Waals surface area contributed by atoms with Gasteiger partial charge in [-0.05, 0) is 17.7 Å². The molecule has 0 radical (unpaired) electrons. The summed E-state index contributed by atoms with van der Waals surface area (Å²) in [6, 6.07) is 3.37. The van der Waals surface area contributed by atoms with Gasteiger partial charge >= 0.3 is 5.69 Å². The smallest absolute Gasteiger partial charge is 0.353 e. The van der Waals surface area contributed by atoms with Gasteiger partial charge in [0.1, 0.15) is 6.33 Å². The Hall–Kier alpha value is -2.84. The SMILES string of the molecule is CNc1ncnc(NCc2ccc(F)c(F)c2)c1[N+](=O)[O-]. The highest BCUT2D eigenvalue weighted by molar-refractivity contribution is 5.69. The second kappa shape index (κ2) is 6.07. The third kappa shape index (κ3) is 3.19. The van der Waals surface area contributed by atoms with Crippen molar-refractivity contribution in [2.45, 2.75) is 6.54 Å². The molecule has 110 valence electrons. The number of halogens is 2. The lowest BCUT2D eigenvalue weighted by molar-refractivity contribution is -0.383. The molecule has 0 saturated heterocycles. The van der Waals surface area contributed by atoms with Crippen LogP contribution in [0.2, 0.25) is 0 Å². The second-order valence-electron chi connectivity index (χ2n) is 4.03. The van der Waals surface area contributed by atoms with Crippen molar-refractivity contribution in [1.82, 2.24) is 9.97 Å². The molecular weight excluding hydrogens is 284 g/mol. The van der Waals surface area contributed by atoms with Crippen LogP contribution in [0.5, 0.6) is 0 Å². The zero-order chi connectivity index (χ0) is 15.4. The molecule has 1 aromatic carbocycles. The third-order valence-corrected chi connectivity index (χ3v) is 2.69. The predicted molar refractivity (Wildman–Crippen MR) is 71.9 cm³/mol. The maximum Gasteiger partial charge on any atom is 0.353 e. The van der Waals surface area contributed by atoms with Crippen molar-refractivity contribution in [2.75, 3.05) is 17.7 Å². The average molecular weight is 295 g/mol. The van der Waals surface area contributed by atoms with E-state index in [9.17, 15) is 18.9 Å². The Kier molecular flexibility index (Phi) is 4.21. The summed E-state index contributed by atoms with van der Waals surface area (Å²) in [6.45, 7) is 0.0538. The quantitative estimate of drug-likeness (QED) is 0.649. The Balaban J connectivity index is 2.23. The van der Waals surface area contributed by atoms with Gasteiger partial charge in [-0.2, -0.15) is 0 Å². The van der Waals surface area contributed by atoms with Gasteiger partial charge in [-0.25, -0.2) is 18.7 Å². The Labute approximate surface area is 118 Å². The van der Waals surface area contributed by atoms with Gasteiger partial charge in [0.25, 0.3) is 0 Å². The Morgan fingerprint density at radius 3 is 2.57 bits per heavy atom. The van der Waals surface area contributed by atoms with E-state index in [1.807, 2.05) is 0 Å². The fourth-order valence-electron chi connectivity index (χ4n) is 1.70. The normalized spacial score (nSPS) is 10.2. The number of nitrogens with one attached hydrogen (secondary N) is 2. The Morgan fingerprint density at radius 1 is 1.24 bits per heavy atom. The van der Waals surface area contributed by atoms with Gasteiger partial charge in [-0.3, -0.25) is 10.1 Å². The van der Waals surface area contributed by atoms with Crippen molar-refractivity contribution < 1.29 is 13.7 Å². The lowest BCUT2D eigenvalue weighted by Gasteiger charge is -2.08. The van der Waals surface area contributed by atoms with E-state index in [4.69, 9.17) is 0 Å². The van der Waals surface area contributed by atoms with Crippen molar-refractivity contribution in [1.29, 1.82) is 0 Å². The summed E-state index contributed by atoms with van der Waals surface area (Å²) in [5.41, 5.74) is 0.107. The first-order chi connectivity index (χ1) is 10.0. The molecule has 0 aliphatic rings. The van der Waals surface area contributed by atoms with Crippen molar-refractivity contribution in [2.24, 2.45) is 0 Å². The minimum absolute atomic E-state index is 0.0101. The van der Waals surface area contributed by atoms with E-state index >= 15 is 0 Å². The zero-order valence-electron chi connectivity index (χ0n) is 10.9. The molecular formula is C12H11F2N5O2. The lowest BCUT2D eigenvalue weighted by Crippen LogP contribution is -2.08. The molecule has 1 heterocycles. The van der Waals surface area contributed by atoms with Crippen LogP contribution in [-0.4, -0.2) is 21.9 Å². The summed E-state index contributed by atoms with van der Waals surface area (Å²) in [5.74, 6) is -1.89. The highest BCUT2D eigenvalue weighted by atomic mass is 19.2. The Morgan fingerprint density at radius 2 is 1.95 bits per heavy atom. The molecule has 2 rings (SSSR count). The molecule has 0 fully saturated rings. The molecule has 2 N–H and O–H groups in total. The number of hydrogen-bond donors (Lipinski definition) is 2. The van der Waals surface area contributed by atoms with Gasteiger partial charge in [0.2, 0.25) is 11.6 Å². The van der Waals surface area contributed by atoms with Gasteiger partial charge in [0.05, 0.1) is 4.92 Å². The van der Waals surface area contributed by atoms with Crippen LogP contribution in [0.3, 0.4) is 0 Å². The molecule has 0 saturated carbocycles. The van der Waals surface area contributed by atoms with Crippen LogP contribution in [0.25, 0.3) is 0 Å². The number of rotatable bonds is 5. The second-order valence-corrected chi connectivity index (χ2v) is 4.03. The highest BCUT2D eigenvalue weighted by Crippen LogP contribution is 2.28. The highest BCUT2D eigenvalue weighted by Gasteiger charge is 2.21. The first-order valence-corrected chi connectivity index (χ1v) is 5.88. The standard InChI is InChI=1S/C12H11F2N5O2/c1-15-11-10(19(20)21)12(18-6-17-11)16-5-7-2-3-8(13)9(14)4-7/h2-4,6H,5H2,1H3,(H2,15,16,17,18). The molecule has 0 aliphatic heterocycles. The zero-order valence-corrected chi connectivity index (χ0v) is 10.9. The maximum absolute atomic E-state index is 13.1. The van der Waals surface area contributed by atoms with E-state index in [1.54, 1.807) is 0 Å². The van der Waals surface area contributed by atoms with Crippen LogP contribution in [0.4, 0.5) is 26.1 Å². The van der Waals surface area contributed by atoms with Crippen LogP contribution in [0.15, 0.2) is 24.5 Å². The van der Waals surface area contributed by atoms with Gasteiger partial charge < -0.3 is 10.6 Å². The fourth-order valence-corrected chi connectivity index (χ4v) is 1.70. The molecule has 0 spiro atoms. The average Bonchev–Trinajstić information content (AvgIpc) is 2.47. The summed E-state index contributed by atoms with van der Waals surface area (Å²) in [4.78, 5) is 18.0. The molecule has 0 bridgehead atoms. The van der Waals surface area contributed by atoms with Crippen molar-refractivity contribution in [3.63, 3.8) is 0 Å². The Bertz CT molecular complexity index is 681. The molecule has 7 nitrogen and oxygen atoms in total. The minimum atomic E-state index is -0.984. The van der Waals surface area contributed by atoms with Crippen molar-refractivity contribution >= 4 is 17.3 Å². The third-order valence-electron chi connectivity index (χ3n) is 2.69. The minimum Gasteiger partial charge on any atom is -0.367 e. The van der Waals surface area contributed by atoms with E-state index in [2.05, 4.69) is 20.6 Å². The number of benzene rings is 1.